The lowest BCUT2D eigenvalue weighted by Gasteiger charge is -2.44. The highest BCUT2D eigenvalue weighted by Crippen LogP contribution is 2.34. The molecule has 3 heterocycles. The van der Waals surface area contributed by atoms with E-state index in [1.54, 1.807) is 16.0 Å². The van der Waals surface area contributed by atoms with Gasteiger partial charge in [-0.05, 0) is 37.8 Å². The van der Waals surface area contributed by atoms with Crippen LogP contribution in [0.25, 0.3) is 0 Å². The predicted octanol–water partition coefficient (Wildman–Crippen LogP) is 1.75. The van der Waals surface area contributed by atoms with Gasteiger partial charge >= 0.3 is 0 Å². The summed E-state index contributed by atoms with van der Waals surface area (Å²) in [5.41, 5.74) is 1.55. The Labute approximate surface area is 124 Å². The van der Waals surface area contributed by atoms with E-state index in [0.29, 0.717) is 6.54 Å². The molecule has 2 fully saturated rings. The van der Waals surface area contributed by atoms with E-state index in [1.807, 2.05) is 32.9 Å². The minimum absolute atomic E-state index is 0.0434. The van der Waals surface area contributed by atoms with Crippen molar-refractivity contribution in [3.63, 3.8) is 0 Å². The van der Waals surface area contributed by atoms with Crippen LogP contribution in [-0.4, -0.2) is 40.3 Å². The summed E-state index contributed by atoms with van der Waals surface area (Å²) in [7, 11) is 0. The summed E-state index contributed by atoms with van der Waals surface area (Å²) < 4.78 is 0. The molecule has 0 saturated carbocycles. The van der Waals surface area contributed by atoms with Crippen molar-refractivity contribution in [3.8, 4) is 0 Å². The largest absolute Gasteiger partial charge is 0.329 e. The van der Waals surface area contributed by atoms with Crippen LogP contribution in [0.5, 0.6) is 0 Å². The number of piperazine rings is 1. The Morgan fingerprint density at radius 3 is 2.71 bits per heavy atom. The van der Waals surface area contributed by atoms with Gasteiger partial charge in [-0.15, -0.1) is 0 Å². The van der Waals surface area contributed by atoms with Gasteiger partial charge in [0.2, 0.25) is 5.91 Å². The number of pyridine rings is 1. The van der Waals surface area contributed by atoms with Crippen LogP contribution in [0.15, 0.2) is 18.3 Å². The highest BCUT2D eigenvalue weighted by atomic mass is 16.2. The fourth-order valence-corrected chi connectivity index (χ4v) is 3.45. The van der Waals surface area contributed by atoms with Gasteiger partial charge in [-0.1, -0.05) is 13.8 Å². The van der Waals surface area contributed by atoms with E-state index in [-0.39, 0.29) is 23.8 Å². The molecule has 112 valence electrons. The average molecular weight is 287 g/mol. The minimum atomic E-state index is -0.422. The maximum Gasteiger partial charge on any atom is 0.250 e. The van der Waals surface area contributed by atoms with Gasteiger partial charge in [-0.25, -0.2) is 0 Å². The van der Waals surface area contributed by atoms with Crippen molar-refractivity contribution < 1.29 is 9.59 Å². The topological polar surface area (TPSA) is 53.5 Å². The standard InChI is InChI=1S/C16H21N3O2/c1-10(2)14-16(21)18-9-5-7-13(18)15(20)19(14)12-6-4-8-17-11(12)3/h4,6,8,10,13-14H,5,7,9H2,1-3H3. The third kappa shape index (κ3) is 2.11. The van der Waals surface area contributed by atoms with Crippen molar-refractivity contribution in [2.75, 3.05) is 11.4 Å². The molecule has 5 heteroatoms. The molecule has 0 aliphatic carbocycles. The Balaban J connectivity index is 2.09. The third-order valence-corrected chi connectivity index (χ3v) is 4.46. The fourth-order valence-electron chi connectivity index (χ4n) is 3.45. The molecule has 21 heavy (non-hydrogen) atoms. The van der Waals surface area contributed by atoms with Crippen molar-refractivity contribution in [3.05, 3.63) is 24.0 Å². The summed E-state index contributed by atoms with van der Waals surface area (Å²) >= 11 is 0. The SMILES string of the molecule is Cc1ncccc1N1C(=O)C2CCCN2C(=O)C1C(C)C. The summed E-state index contributed by atoms with van der Waals surface area (Å²) in [6.45, 7) is 6.57. The molecule has 0 radical (unpaired) electrons. The van der Waals surface area contributed by atoms with Crippen LogP contribution in [0.2, 0.25) is 0 Å². The number of fused-ring (bicyclic) bond motifs is 1. The molecule has 0 N–H and O–H groups in total. The molecule has 2 aliphatic heterocycles. The molecule has 5 nitrogen and oxygen atoms in total. The summed E-state index contributed by atoms with van der Waals surface area (Å²) in [6.07, 6.45) is 3.39. The molecule has 0 bridgehead atoms. The van der Waals surface area contributed by atoms with Gasteiger partial charge in [0.1, 0.15) is 12.1 Å². The summed E-state index contributed by atoms with van der Waals surface area (Å²) in [5.74, 6) is 0.194. The molecular formula is C16H21N3O2. The van der Waals surface area contributed by atoms with Crippen molar-refractivity contribution in [1.82, 2.24) is 9.88 Å². The van der Waals surface area contributed by atoms with E-state index in [1.165, 1.54) is 0 Å². The van der Waals surface area contributed by atoms with Crippen molar-refractivity contribution in [1.29, 1.82) is 0 Å². The van der Waals surface area contributed by atoms with Crippen LogP contribution < -0.4 is 4.90 Å². The maximum atomic E-state index is 12.9. The van der Waals surface area contributed by atoms with Gasteiger partial charge in [0, 0.05) is 12.7 Å². The zero-order valence-electron chi connectivity index (χ0n) is 12.7. The molecule has 1 aromatic heterocycles. The average Bonchev–Trinajstić information content (AvgIpc) is 2.93. The van der Waals surface area contributed by atoms with Crippen LogP contribution in [0, 0.1) is 12.8 Å². The number of hydrogen-bond donors (Lipinski definition) is 0. The number of hydrogen-bond acceptors (Lipinski definition) is 3. The van der Waals surface area contributed by atoms with Crippen LogP contribution in [0.1, 0.15) is 32.4 Å². The quantitative estimate of drug-likeness (QED) is 0.832. The number of rotatable bonds is 2. The predicted molar refractivity (Wildman–Crippen MR) is 79.8 cm³/mol. The molecular weight excluding hydrogens is 266 g/mol. The van der Waals surface area contributed by atoms with Gasteiger partial charge in [-0.3, -0.25) is 19.5 Å². The van der Waals surface area contributed by atoms with E-state index in [2.05, 4.69) is 4.98 Å². The summed E-state index contributed by atoms with van der Waals surface area (Å²) in [6, 6.07) is 2.99. The number of nitrogens with zero attached hydrogens (tertiary/aromatic N) is 3. The second-order valence-corrected chi connectivity index (χ2v) is 6.19. The van der Waals surface area contributed by atoms with Gasteiger partial charge in [0.05, 0.1) is 11.4 Å². The Morgan fingerprint density at radius 1 is 1.29 bits per heavy atom. The highest BCUT2D eigenvalue weighted by Gasteiger charge is 2.49. The number of carbonyl (C=O) groups excluding carboxylic acids is 2. The van der Waals surface area contributed by atoms with E-state index in [0.717, 1.165) is 24.2 Å². The maximum absolute atomic E-state index is 12.9. The minimum Gasteiger partial charge on any atom is -0.329 e. The third-order valence-electron chi connectivity index (χ3n) is 4.46. The zero-order chi connectivity index (χ0) is 15.1. The van der Waals surface area contributed by atoms with Gasteiger partial charge in [-0.2, -0.15) is 0 Å². The monoisotopic (exact) mass is 287 g/mol. The number of carbonyl (C=O) groups is 2. The van der Waals surface area contributed by atoms with Crippen molar-refractivity contribution >= 4 is 17.5 Å². The first kappa shape index (κ1) is 14.0. The Morgan fingerprint density at radius 2 is 2.05 bits per heavy atom. The van der Waals surface area contributed by atoms with Crippen LogP contribution in [0.4, 0.5) is 5.69 Å². The molecule has 2 amide bonds. The van der Waals surface area contributed by atoms with Crippen LogP contribution in [0.3, 0.4) is 0 Å². The molecule has 2 aliphatic rings. The smallest absolute Gasteiger partial charge is 0.250 e. The van der Waals surface area contributed by atoms with Crippen LogP contribution in [-0.2, 0) is 9.59 Å². The zero-order valence-corrected chi connectivity index (χ0v) is 12.7. The fraction of sp³-hybridized carbons (Fsp3) is 0.562. The van der Waals surface area contributed by atoms with Gasteiger partial charge in [0.25, 0.3) is 5.91 Å². The first-order chi connectivity index (χ1) is 10.0. The molecule has 2 saturated heterocycles. The molecule has 2 unspecified atom stereocenters. The Kier molecular flexibility index (Phi) is 3.43. The molecule has 1 aromatic rings. The second kappa shape index (κ2) is 5.13. The van der Waals surface area contributed by atoms with E-state index >= 15 is 0 Å². The van der Waals surface area contributed by atoms with Gasteiger partial charge < -0.3 is 4.90 Å². The van der Waals surface area contributed by atoms with Crippen molar-refractivity contribution in [2.24, 2.45) is 5.92 Å². The number of amides is 2. The summed E-state index contributed by atoms with van der Waals surface area (Å²) in [5, 5.41) is 0. The van der Waals surface area contributed by atoms with E-state index in [9.17, 15) is 9.59 Å². The molecule has 2 atom stereocenters. The number of aromatic nitrogens is 1. The first-order valence-electron chi connectivity index (χ1n) is 7.57. The molecule has 0 aromatic carbocycles. The van der Waals surface area contributed by atoms with Gasteiger partial charge in [0.15, 0.2) is 0 Å². The Bertz CT molecular complexity index is 585. The molecule has 0 spiro atoms. The number of aryl methyl sites for hydroxylation is 1. The van der Waals surface area contributed by atoms with E-state index in [4.69, 9.17) is 0 Å². The lowest BCUT2D eigenvalue weighted by atomic mass is 9.95. The normalized spacial score (nSPS) is 25.7. The van der Waals surface area contributed by atoms with E-state index < -0.39 is 6.04 Å². The molecule has 3 rings (SSSR count). The van der Waals surface area contributed by atoms with Crippen LogP contribution >= 0.6 is 0 Å². The highest BCUT2D eigenvalue weighted by molar-refractivity contribution is 6.09. The summed E-state index contributed by atoms with van der Waals surface area (Å²) in [4.78, 5) is 33.5. The Hall–Kier alpha value is -1.91. The lowest BCUT2D eigenvalue weighted by molar-refractivity contribution is -0.145. The van der Waals surface area contributed by atoms with Crippen molar-refractivity contribution in [2.45, 2.75) is 45.7 Å². The second-order valence-electron chi connectivity index (χ2n) is 6.19. The lowest BCUT2D eigenvalue weighted by Crippen LogP contribution is -2.64. The first-order valence-corrected chi connectivity index (χ1v) is 7.57. The number of anilines is 1.